The number of thioether (sulfide) groups is 1. The van der Waals surface area contributed by atoms with E-state index in [2.05, 4.69) is 94.8 Å². The van der Waals surface area contributed by atoms with Gasteiger partial charge < -0.3 is 4.98 Å². The number of benzene rings is 3. The molecule has 3 aromatic carbocycles. The molecule has 6 heteroatoms. The van der Waals surface area contributed by atoms with E-state index < -0.39 is 0 Å². The fourth-order valence-corrected chi connectivity index (χ4v) is 6.20. The highest BCUT2D eigenvalue weighted by Crippen LogP contribution is 2.56. The van der Waals surface area contributed by atoms with E-state index in [1.165, 1.54) is 21.6 Å². The van der Waals surface area contributed by atoms with Gasteiger partial charge in [0.15, 0.2) is 5.65 Å². The van der Waals surface area contributed by atoms with Crippen molar-refractivity contribution in [1.29, 1.82) is 0 Å². The first-order valence-corrected chi connectivity index (χ1v) is 14.3. The molecule has 1 saturated carbocycles. The Balaban J connectivity index is 1.38. The highest BCUT2D eigenvalue weighted by atomic mass is 32.2. The van der Waals surface area contributed by atoms with Gasteiger partial charge >= 0.3 is 0 Å². The second-order valence-corrected chi connectivity index (χ2v) is 10.7. The van der Waals surface area contributed by atoms with E-state index in [1.807, 2.05) is 36.4 Å². The third kappa shape index (κ3) is 4.17. The molecule has 1 N–H and O–H groups in total. The molecule has 0 amide bonds. The topological polar surface area (TPSA) is 57.7 Å². The van der Waals surface area contributed by atoms with Crippen LogP contribution in [-0.4, -0.2) is 26.2 Å². The zero-order chi connectivity index (χ0) is 26.3. The first-order valence-electron chi connectivity index (χ1n) is 13.1. The standard InChI is InChI=1S/C33H27N5S/c1-21-25-18-17-22(19-27(29(21)25)26-15-9-10-16-28(26)39-2)30-31-32(35-20-34-30)37-33(36-31)38(23-11-5-3-6-12-23)24-13-7-4-8-14-24/h3-21,29H,1-2H3,(H,34,35,36,37)/t21-,29-/m1/s1. The first-order chi connectivity index (χ1) is 19.2. The van der Waals surface area contributed by atoms with Gasteiger partial charge in [-0.3, -0.25) is 4.90 Å². The molecular formula is C33H27N5S. The van der Waals surface area contributed by atoms with Crippen LogP contribution in [0.25, 0.3) is 22.3 Å². The summed E-state index contributed by atoms with van der Waals surface area (Å²) in [6.45, 7) is 2.32. The van der Waals surface area contributed by atoms with Crippen LogP contribution >= 0.6 is 11.8 Å². The maximum absolute atomic E-state index is 4.94. The van der Waals surface area contributed by atoms with E-state index in [-0.39, 0.29) is 0 Å². The summed E-state index contributed by atoms with van der Waals surface area (Å²) in [5, 5.41) is 0. The molecule has 5 aromatic rings. The quantitative estimate of drug-likeness (QED) is 0.226. The summed E-state index contributed by atoms with van der Waals surface area (Å²) in [6.07, 6.45) is 10.6. The summed E-state index contributed by atoms with van der Waals surface area (Å²) < 4.78 is 0. The van der Waals surface area contributed by atoms with Crippen LogP contribution in [0.15, 0.2) is 120 Å². The number of nitrogens with one attached hydrogen (secondary N) is 1. The summed E-state index contributed by atoms with van der Waals surface area (Å²) in [6, 6.07) is 29.2. The second kappa shape index (κ2) is 9.71. The average Bonchev–Trinajstić information content (AvgIpc) is 3.50. The van der Waals surface area contributed by atoms with Gasteiger partial charge in [-0.15, -0.1) is 11.8 Å². The Labute approximate surface area is 232 Å². The molecule has 0 spiro atoms. The molecule has 2 atom stereocenters. The van der Waals surface area contributed by atoms with E-state index in [1.54, 1.807) is 18.1 Å². The van der Waals surface area contributed by atoms with Crippen LogP contribution in [-0.2, 0) is 0 Å². The number of aromatic nitrogens is 4. The van der Waals surface area contributed by atoms with E-state index in [0.29, 0.717) is 23.4 Å². The Kier molecular flexibility index (Phi) is 5.90. The van der Waals surface area contributed by atoms with Crippen molar-refractivity contribution >= 4 is 51.4 Å². The maximum atomic E-state index is 4.94. The van der Waals surface area contributed by atoms with Crippen molar-refractivity contribution in [3.05, 3.63) is 126 Å². The van der Waals surface area contributed by atoms with Crippen molar-refractivity contribution in [3.63, 3.8) is 0 Å². The van der Waals surface area contributed by atoms with Crippen molar-refractivity contribution in [3.8, 4) is 0 Å². The van der Waals surface area contributed by atoms with Crippen LogP contribution in [0.2, 0.25) is 0 Å². The van der Waals surface area contributed by atoms with Crippen molar-refractivity contribution in [2.24, 2.45) is 11.8 Å². The molecule has 2 aromatic heterocycles. The predicted octanol–water partition coefficient (Wildman–Crippen LogP) is 8.22. The number of fused-ring (bicyclic) bond motifs is 2. The molecule has 0 saturated heterocycles. The van der Waals surface area contributed by atoms with Gasteiger partial charge in [-0.05, 0) is 59.7 Å². The Bertz CT molecular complexity index is 1730. The van der Waals surface area contributed by atoms with E-state index >= 15 is 0 Å². The predicted molar refractivity (Wildman–Crippen MR) is 161 cm³/mol. The normalized spacial score (nSPS) is 18.1. The van der Waals surface area contributed by atoms with Crippen molar-refractivity contribution in [1.82, 2.24) is 19.9 Å². The van der Waals surface area contributed by atoms with Crippen LogP contribution in [0.4, 0.5) is 17.3 Å². The number of hydrogen-bond acceptors (Lipinski definition) is 5. The molecule has 2 heterocycles. The minimum absolute atomic E-state index is 0.438. The second-order valence-electron chi connectivity index (χ2n) is 9.84. The minimum Gasteiger partial charge on any atom is -0.320 e. The van der Waals surface area contributed by atoms with E-state index in [4.69, 9.17) is 9.97 Å². The summed E-state index contributed by atoms with van der Waals surface area (Å²) >= 11 is 1.79. The van der Waals surface area contributed by atoms with Crippen LogP contribution < -0.4 is 4.90 Å². The number of para-hydroxylation sites is 2. The summed E-state index contributed by atoms with van der Waals surface area (Å²) in [5.41, 5.74) is 9.53. The number of aromatic amines is 1. The third-order valence-corrected chi connectivity index (χ3v) is 8.38. The summed E-state index contributed by atoms with van der Waals surface area (Å²) in [7, 11) is 0. The molecule has 190 valence electrons. The zero-order valence-corrected chi connectivity index (χ0v) is 22.6. The molecule has 5 nitrogen and oxygen atoms in total. The zero-order valence-electron chi connectivity index (χ0n) is 21.7. The Morgan fingerprint density at radius 2 is 1.51 bits per heavy atom. The number of hydrogen-bond donors (Lipinski definition) is 1. The smallest absolute Gasteiger partial charge is 0.214 e. The Morgan fingerprint density at radius 1 is 0.821 bits per heavy atom. The van der Waals surface area contributed by atoms with Gasteiger partial charge in [0, 0.05) is 27.8 Å². The third-order valence-electron chi connectivity index (χ3n) is 7.59. The van der Waals surface area contributed by atoms with Gasteiger partial charge in [-0.2, -0.15) is 4.98 Å². The van der Waals surface area contributed by atoms with Gasteiger partial charge in [0.1, 0.15) is 11.8 Å². The van der Waals surface area contributed by atoms with Gasteiger partial charge in [0.05, 0.1) is 5.69 Å². The Hall–Kier alpha value is -4.42. The molecule has 39 heavy (non-hydrogen) atoms. The Morgan fingerprint density at radius 3 is 2.23 bits per heavy atom. The van der Waals surface area contributed by atoms with Gasteiger partial charge in [-0.25, -0.2) is 9.97 Å². The van der Waals surface area contributed by atoms with Crippen LogP contribution in [0, 0.1) is 11.8 Å². The van der Waals surface area contributed by atoms with Crippen molar-refractivity contribution < 1.29 is 0 Å². The van der Waals surface area contributed by atoms with Crippen molar-refractivity contribution in [2.45, 2.75) is 11.8 Å². The highest BCUT2D eigenvalue weighted by molar-refractivity contribution is 7.98. The molecule has 2 aliphatic rings. The molecule has 0 radical (unpaired) electrons. The molecule has 0 bridgehead atoms. The van der Waals surface area contributed by atoms with Crippen molar-refractivity contribution in [2.75, 3.05) is 11.2 Å². The number of allylic oxidation sites excluding steroid dienone is 6. The van der Waals surface area contributed by atoms with Crippen LogP contribution in [0.5, 0.6) is 0 Å². The number of rotatable bonds is 6. The molecular weight excluding hydrogens is 498 g/mol. The first kappa shape index (κ1) is 23.7. The molecule has 1 fully saturated rings. The lowest BCUT2D eigenvalue weighted by atomic mass is 9.96. The number of nitrogens with zero attached hydrogens (tertiary/aromatic N) is 4. The fourth-order valence-electron chi connectivity index (χ4n) is 5.58. The summed E-state index contributed by atoms with van der Waals surface area (Å²) in [4.78, 5) is 21.2. The van der Waals surface area contributed by atoms with Gasteiger partial charge in [0.25, 0.3) is 0 Å². The molecule has 0 aliphatic heterocycles. The maximum Gasteiger partial charge on any atom is 0.214 e. The highest BCUT2D eigenvalue weighted by Gasteiger charge is 2.44. The minimum atomic E-state index is 0.438. The molecule has 0 unspecified atom stereocenters. The molecule has 2 aliphatic carbocycles. The van der Waals surface area contributed by atoms with Gasteiger partial charge in [-0.1, -0.05) is 79.2 Å². The lowest BCUT2D eigenvalue weighted by Crippen LogP contribution is -2.11. The largest absolute Gasteiger partial charge is 0.320 e. The van der Waals surface area contributed by atoms with Crippen LogP contribution in [0.3, 0.4) is 0 Å². The molecule has 7 rings (SSSR count). The fraction of sp³-hybridized carbons (Fsp3) is 0.121. The van der Waals surface area contributed by atoms with Crippen LogP contribution in [0.1, 0.15) is 18.2 Å². The lowest BCUT2D eigenvalue weighted by Gasteiger charge is -2.22. The average molecular weight is 526 g/mol. The monoisotopic (exact) mass is 525 g/mol. The lowest BCUT2D eigenvalue weighted by molar-refractivity contribution is 0.913. The summed E-state index contributed by atoms with van der Waals surface area (Å²) in [5.74, 6) is 1.69. The SMILES string of the molecule is CSc1ccccc1C1=CC(c2ncnc3nc(N(c4ccccc4)c4ccccc4)[nH]c23)=CC=C2[C@H]1[C@@H]2C. The number of anilines is 3. The number of H-pyrrole nitrogens is 1. The van der Waals surface area contributed by atoms with E-state index in [0.717, 1.165) is 28.2 Å². The van der Waals surface area contributed by atoms with Gasteiger partial charge in [0.2, 0.25) is 5.95 Å². The van der Waals surface area contributed by atoms with E-state index in [9.17, 15) is 0 Å². The number of imidazole rings is 1.